The molecule has 1 N–H and O–H groups in total. The first-order chi connectivity index (χ1) is 12.2. The number of rotatable bonds is 4. The highest BCUT2D eigenvalue weighted by molar-refractivity contribution is 5.95. The van der Waals surface area contributed by atoms with Crippen LogP contribution in [0.5, 0.6) is 0 Å². The van der Waals surface area contributed by atoms with Crippen molar-refractivity contribution < 1.29 is 4.79 Å². The van der Waals surface area contributed by atoms with Gasteiger partial charge in [-0.05, 0) is 24.1 Å². The Morgan fingerprint density at radius 1 is 1.24 bits per heavy atom. The normalized spacial score (nSPS) is 14.6. The maximum Gasteiger partial charge on any atom is 0.231 e. The number of fused-ring (bicyclic) bond motifs is 1. The fraction of sp³-hybridized carbons (Fsp3) is 0.353. The van der Waals surface area contributed by atoms with Crippen LogP contribution in [0.4, 0.5) is 11.5 Å². The SMILES string of the molecule is CCc1ccc(NC(=O)C2CN(c3ncnc4c3nnn4C)C2)cc1. The van der Waals surface area contributed by atoms with Crippen LogP contribution in [-0.2, 0) is 18.3 Å². The molecule has 1 amide bonds. The van der Waals surface area contributed by atoms with Crippen LogP contribution in [0.2, 0.25) is 0 Å². The van der Waals surface area contributed by atoms with Crippen LogP contribution in [0.15, 0.2) is 30.6 Å². The van der Waals surface area contributed by atoms with Crippen LogP contribution in [0.3, 0.4) is 0 Å². The number of nitrogens with zero attached hydrogens (tertiary/aromatic N) is 6. The maximum atomic E-state index is 12.4. The van der Waals surface area contributed by atoms with E-state index in [1.165, 1.54) is 11.9 Å². The monoisotopic (exact) mass is 337 g/mol. The van der Waals surface area contributed by atoms with Crippen molar-refractivity contribution in [2.24, 2.45) is 13.0 Å². The Kier molecular flexibility index (Phi) is 3.79. The second-order valence-corrected chi connectivity index (χ2v) is 6.22. The molecule has 2 aromatic heterocycles. The highest BCUT2D eigenvalue weighted by Gasteiger charge is 2.35. The zero-order valence-electron chi connectivity index (χ0n) is 14.2. The third-order valence-electron chi connectivity index (χ3n) is 4.55. The molecule has 3 aromatic rings. The van der Waals surface area contributed by atoms with Gasteiger partial charge >= 0.3 is 0 Å². The molecule has 1 fully saturated rings. The lowest BCUT2D eigenvalue weighted by Crippen LogP contribution is -2.52. The molecule has 3 heterocycles. The number of carbonyl (C=O) groups is 1. The van der Waals surface area contributed by atoms with E-state index in [-0.39, 0.29) is 11.8 Å². The van der Waals surface area contributed by atoms with Crippen molar-refractivity contribution in [2.75, 3.05) is 23.3 Å². The molecule has 4 rings (SSSR count). The molecule has 0 aliphatic carbocycles. The molecule has 0 bridgehead atoms. The van der Waals surface area contributed by atoms with Crippen molar-refractivity contribution in [3.63, 3.8) is 0 Å². The smallest absolute Gasteiger partial charge is 0.231 e. The predicted molar refractivity (Wildman–Crippen MR) is 94.3 cm³/mol. The van der Waals surface area contributed by atoms with Gasteiger partial charge in [-0.15, -0.1) is 5.10 Å². The summed E-state index contributed by atoms with van der Waals surface area (Å²) in [7, 11) is 1.79. The molecule has 0 unspecified atom stereocenters. The minimum absolute atomic E-state index is 0.0324. The first-order valence-corrected chi connectivity index (χ1v) is 8.31. The predicted octanol–water partition coefficient (Wildman–Crippen LogP) is 1.40. The summed E-state index contributed by atoms with van der Waals surface area (Å²) in [5.41, 5.74) is 3.44. The van der Waals surface area contributed by atoms with Gasteiger partial charge in [0.2, 0.25) is 5.91 Å². The van der Waals surface area contributed by atoms with E-state index in [0.717, 1.165) is 17.9 Å². The van der Waals surface area contributed by atoms with E-state index in [0.29, 0.717) is 24.3 Å². The van der Waals surface area contributed by atoms with Crippen LogP contribution >= 0.6 is 0 Å². The number of amides is 1. The zero-order chi connectivity index (χ0) is 17.4. The van der Waals surface area contributed by atoms with Gasteiger partial charge in [0.25, 0.3) is 0 Å². The lowest BCUT2D eigenvalue weighted by molar-refractivity contribution is -0.120. The Bertz CT molecular complexity index is 912. The molecular weight excluding hydrogens is 318 g/mol. The number of nitrogens with one attached hydrogen (secondary N) is 1. The fourth-order valence-electron chi connectivity index (χ4n) is 2.96. The number of aromatic nitrogens is 5. The molecule has 1 saturated heterocycles. The molecule has 0 spiro atoms. The molecule has 128 valence electrons. The van der Waals surface area contributed by atoms with Crippen LogP contribution < -0.4 is 10.2 Å². The number of anilines is 2. The minimum Gasteiger partial charge on any atom is -0.353 e. The Hall–Kier alpha value is -3.03. The van der Waals surface area contributed by atoms with Gasteiger partial charge in [0, 0.05) is 25.8 Å². The van der Waals surface area contributed by atoms with E-state index in [9.17, 15) is 4.79 Å². The molecule has 8 heteroatoms. The quantitative estimate of drug-likeness (QED) is 0.774. The van der Waals surface area contributed by atoms with Gasteiger partial charge in [-0.2, -0.15) is 0 Å². The van der Waals surface area contributed by atoms with Crippen molar-refractivity contribution in [3.05, 3.63) is 36.2 Å². The molecule has 8 nitrogen and oxygen atoms in total. The number of carbonyl (C=O) groups excluding carboxylic acids is 1. The number of hydrogen-bond acceptors (Lipinski definition) is 6. The maximum absolute atomic E-state index is 12.4. The summed E-state index contributed by atoms with van der Waals surface area (Å²) in [6, 6.07) is 7.96. The Morgan fingerprint density at radius 2 is 2.00 bits per heavy atom. The first kappa shape index (κ1) is 15.5. The number of aryl methyl sites for hydroxylation is 2. The molecule has 1 aliphatic rings. The van der Waals surface area contributed by atoms with Crippen molar-refractivity contribution in [3.8, 4) is 0 Å². The van der Waals surface area contributed by atoms with E-state index in [2.05, 4.69) is 32.5 Å². The zero-order valence-corrected chi connectivity index (χ0v) is 14.2. The number of benzene rings is 1. The van der Waals surface area contributed by atoms with Gasteiger partial charge in [-0.25, -0.2) is 14.6 Å². The molecule has 1 aliphatic heterocycles. The second-order valence-electron chi connectivity index (χ2n) is 6.22. The average molecular weight is 337 g/mol. The standard InChI is InChI=1S/C17H19N7O/c1-3-11-4-6-13(7-5-11)20-17(25)12-8-24(9-12)16-14-15(18-10-19-16)23(2)22-21-14/h4-7,10,12H,3,8-9H2,1-2H3,(H,20,25). The van der Waals surface area contributed by atoms with Crippen molar-refractivity contribution in [1.82, 2.24) is 25.0 Å². The molecule has 0 atom stereocenters. The summed E-state index contributed by atoms with van der Waals surface area (Å²) in [5.74, 6) is 0.701. The van der Waals surface area contributed by atoms with E-state index in [1.807, 2.05) is 29.2 Å². The lowest BCUT2D eigenvalue weighted by Gasteiger charge is -2.38. The summed E-state index contributed by atoms with van der Waals surface area (Å²) in [6.45, 7) is 3.33. The molecule has 1 aromatic carbocycles. The summed E-state index contributed by atoms with van der Waals surface area (Å²) in [5, 5.41) is 11.1. The first-order valence-electron chi connectivity index (χ1n) is 8.31. The molecular formula is C17H19N7O. The van der Waals surface area contributed by atoms with Gasteiger partial charge in [-0.3, -0.25) is 4.79 Å². The van der Waals surface area contributed by atoms with E-state index < -0.39 is 0 Å². The second kappa shape index (κ2) is 6.12. The lowest BCUT2D eigenvalue weighted by atomic mass is 9.99. The van der Waals surface area contributed by atoms with Crippen LogP contribution in [0.25, 0.3) is 11.2 Å². The van der Waals surface area contributed by atoms with Gasteiger partial charge in [0.15, 0.2) is 17.0 Å². The van der Waals surface area contributed by atoms with Gasteiger partial charge in [-0.1, -0.05) is 24.3 Å². The van der Waals surface area contributed by atoms with Crippen molar-refractivity contribution >= 4 is 28.6 Å². The summed E-state index contributed by atoms with van der Waals surface area (Å²) >= 11 is 0. The van der Waals surface area contributed by atoms with E-state index in [1.54, 1.807) is 11.7 Å². The third-order valence-corrected chi connectivity index (χ3v) is 4.55. The Balaban J connectivity index is 1.41. The summed E-state index contributed by atoms with van der Waals surface area (Å²) < 4.78 is 1.62. The third kappa shape index (κ3) is 2.79. The highest BCUT2D eigenvalue weighted by Crippen LogP contribution is 2.28. The van der Waals surface area contributed by atoms with Crippen molar-refractivity contribution in [2.45, 2.75) is 13.3 Å². The fourth-order valence-corrected chi connectivity index (χ4v) is 2.96. The van der Waals surface area contributed by atoms with Crippen LogP contribution in [0, 0.1) is 5.92 Å². The summed E-state index contributed by atoms with van der Waals surface area (Å²) in [4.78, 5) is 22.9. The molecule has 0 saturated carbocycles. The average Bonchev–Trinajstić information content (AvgIpc) is 2.96. The minimum atomic E-state index is -0.0625. The number of hydrogen-bond donors (Lipinski definition) is 1. The van der Waals surface area contributed by atoms with Gasteiger partial charge < -0.3 is 10.2 Å². The molecule has 0 radical (unpaired) electrons. The van der Waals surface area contributed by atoms with Gasteiger partial charge in [0.1, 0.15) is 6.33 Å². The van der Waals surface area contributed by atoms with Gasteiger partial charge in [0.05, 0.1) is 5.92 Å². The summed E-state index contributed by atoms with van der Waals surface area (Å²) in [6.07, 6.45) is 2.49. The largest absolute Gasteiger partial charge is 0.353 e. The van der Waals surface area contributed by atoms with Crippen LogP contribution in [-0.4, -0.2) is 44.0 Å². The van der Waals surface area contributed by atoms with Crippen molar-refractivity contribution in [1.29, 1.82) is 0 Å². The molecule has 25 heavy (non-hydrogen) atoms. The Morgan fingerprint density at radius 3 is 2.72 bits per heavy atom. The van der Waals surface area contributed by atoms with E-state index in [4.69, 9.17) is 0 Å². The van der Waals surface area contributed by atoms with E-state index >= 15 is 0 Å². The highest BCUT2D eigenvalue weighted by atomic mass is 16.2. The Labute approximate surface area is 144 Å². The topological polar surface area (TPSA) is 88.8 Å². The van der Waals surface area contributed by atoms with Crippen LogP contribution in [0.1, 0.15) is 12.5 Å².